The lowest BCUT2D eigenvalue weighted by Crippen LogP contribution is -2.27. The van der Waals surface area contributed by atoms with Crippen molar-refractivity contribution >= 4 is 17.7 Å². The highest BCUT2D eigenvalue weighted by Crippen LogP contribution is 2.43. The fourth-order valence-corrected chi connectivity index (χ4v) is 4.26. The highest BCUT2D eigenvalue weighted by Gasteiger charge is 2.32. The Balaban J connectivity index is 3.60. The Morgan fingerprint density at radius 3 is 1.85 bits per heavy atom. The van der Waals surface area contributed by atoms with Crippen LogP contribution in [0.25, 0.3) is 0 Å². The third-order valence-electron chi connectivity index (χ3n) is 4.61. The summed E-state index contributed by atoms with van der Waals surface area (Å²) in [4.78, 5) is 11.9. The first-order valence-corrected chi connectivity index (χ1v) is 10.2. The molecule has 0 aliphatic rings. The average Bonchev–Trinajstić information content (AvgIpc) is 2.49. The van der Waals surface area contributed by atoms with Gasteiger partial charge >= 0.3 is 5.97 Å². The molecule has 26 heavy (non-hydrogen) atoms. The third-order valence-corrected chi connectivity index (χ3v) is 5.92. The molecule has 1 rings (SSSR count). The number of hydrogen-bond acceptors (Lipinski definition) is 4. The van der Waals surface area contributed by atoms with Crippen LogP contribution in [-0.4, -0.2) is 38.9 Å². The quantitative estimate of drug-likeness (QED) is 0.639. The molecule has 1 aromatic carbocycles. The van der Waals surface area contributed by atoms with Crippen molar-refractivity contribution < 1.29 is 20.1 Å². The molecular weight excluding hydrogens is 348 g/mol. The van der Waals surface area contributed by atoms with E-state index in [1.165, 1.54) is 11.8 Å². The van der Waals surface area contributed by atoms with Crippen LogP contribution in [0.5, 0.6) is 5.75 Å². The lowest BCUT2D eigenvalue weighted by molar-refractivity contribution is -0.136. The summed E-state index contributed by atoms with van der Waals surface area (Å²) in [5.41, 5.74) is 2.12. The Morgan fingerprint density at radius 1 is 1.08 bits per heavy atom. The zero-order chi connectivity index (χ0) is 20.3. The first-order chi connectivity index (χ1) is 11.8. The van der Waals surface area contributed by atoms with Gasteiger partial charge in [-0.15, -0.1) is 11.8 Å². The Labute approximate surface area is 162 Å². The second-order valence-corrected chi connectivity index (χ2v) is 10.1. The highest BCUT2D eigenvalue weighted by molar-refractivity contribution is 8.00. The summed E-state index contributed by atoms with van der Waals surface area (Å²) < 4.78 is 0. The van der Waals surface area contributed by atoms with Crippen LogP contribution in [0, 0.1) is 0 Å². The summed E-state index contributed by atoms with van der Waals surface area (Å²) in [7, 11) is 0. The van der Waals surface area contributed by atoms with E-state index in [0.29, 0.717) is 17.9 Å². The number of aliphatic carboxylic acids is 1. The lowest BCUT2D eigenvalue weighted by atomic mass is 9.76. The SMILES string of the molecule is CCC(c1cc(C(C)(C)C)c(O)c(C(C)(C)C)c1)C(SCCO)C(=O)O. The maximum Gasteiger partial charge on any atom is 0.317 e. The molecule has 0 saturated heterocycles. The fraction of sp³-hybridized carbons (Fsp3) is 0.667. The van der Waals surface area contributed by atoms with Crippen LogP contribution < -0.4 is 0 Å². The zero-order valence-corrected chi connectivity index (χ0v) is 17.9. The van der Waals surface area contributed by atoms with Gasteiger partial charge in [-0.25, -0.2) is 0 Å². The number of carboxylic acid groups (broad SMARTS) is 1. The minimum absolute atomic E-state index is 0.0407. The number of aliphatic hydroxyl groups excluding tert-OH is 1. The van der Waals surface area contributed by atoms with Crippen molar-refractivity contribution in [1.29, 1.82) is 0 Å². The van der Waals surface area contributed by atoms with Gasteiger partial charge in [-0.1, -0.05) is 60.6 Å². The predicted molar refractivity (Wildman–Crippen MR) is 110 cm³/mol. The van der Waals surface area contributed by atoms with Crippen LogP contribution in [0.15, 0.2) is 12.1 Å². The zero-order valence-electron chi connectivity index (χ0n) is 17.1. The van der Waals surface area contributed by atoms with Gasteiger partial charge in [0.15, 0.2) is 0 Å². The van der Waals surface area contributed by atoms with Gasteiger partial charge in [0.25, 0.3) is 0 Å². The number of carboxylic acids is 1. The van der Waals surface area contributed by atoms with E-state index in [0.717, 1.165) is 16.7 Å². The number of thioether (sulfide) groups is 1. The number of aliphatic hydroxyl groups is 1. The summed E-state index contributed by atoms with van der Waals surface area (Å²) in [6.07, 6.45) is 0.674. The Morgan fingerprint density at radius 2 is 1.54 bits per heavy atom. The van der Waals surface area contributed by atoms with E-state index in [9.17, 15) is 15.0 Å². The van der Waals surface area contributed by atoms with Crippen LogP contribution in [-0.2, 0) is 15.6 Å². The van der Waals surface area contributed by atoms with Crippen molar-refractivity contribution in [2.75, 3.05) is 12.4 Å². The number of carbonyl (C=O) groups is 1. The van der Waals surface area contributed by atoms with Gasteiger partial charge in [0.05, 0.1) is 6.61 Å². The lowest BCUT2D eigenvalue weighted by Gasteiger charge is -2.31. The first kappa shape index (κ1) is 22.8. The summed E-state index contributed by atoms with van der Waals surface area (Å²) >= 11 is 1.28. The van der Waals surface area contributed by atoms with Crippen molar-refractivity contribution in [3.8, 4) is 5.75 Å². The molecule has 0 heterocycles. The topological polar surface area (TPSA) is 77.8 Å². The number of aromatic hydroxyl groups is 1. The van der Waals surface area contributed by atoms with Crippen LogP contribution in [0.4, 0.5) is 0 Å². The van der Waals surface area contributed by atoms with E-state index in [1.54, 1.807) is 0 Å². The van der Waals surface area contributed by atoms with Gasteiger partial charge in [-0.05, 0) is 33.9 Å². The molecule has 4 nitrogen and oxygen atoms in total. The van der Waals surface area contributed by atoms with Crippen molar-refractivity contribution in [3.05, 3.63) is 28.8 Å². The predicted octanol–water partition coefficient (Wildman–Crippen LogP) is 4.66. The van der Waals surface area contributed by atoms with Gasteiger partial charge in [0, 0.05) is 11.7 Å². The maximum atomic E-state index is 11.9. The minimum atomic E-state index is -0.863. The summed E-state index contributed by atoms with van der Waals surface area (Å²) in [5.74, 6) is -0.354. The molecule has 2 atom stereocenters. The largest absolute Gasteiger partial charge is 0.507 e. The summed E-state index contributed by atoms with van der Waals surface area (Å²) in [6, 6.07) is 3.93. The third kappa shape index (κ3) is 5.40. The smallest absolute Gasteiger partial charge is 0.317 e. The Hall–Kier alpha value is -1.20. The molecule has 0 aliphatic carbocycles. The normalized spacial score (nSPS) is 14.9. The van der Waals surface area contributed by atoms with Gasteiger partial charge in [-0.3, -0.25) is 4.79 Å². The van der Waals surface area contributed by atoms with Crippen LogP contribution in [0.1, 0.15) is 77.5 Å². The molecule has 0 aliphatic heterocycles. The Bertz CT molecular complexity index is 591. The van der Waals surface area contributed by atoms with E-state index in [1.807, 2.05) is 19.1 Å². The first-order valence-electron chi connectivity index (χ1n) is 9.17. The average molecular weight is 383 g/mol. The van der Waals surface area contributed by atoms with E-state index >= 15 is 0 Å². The number of phenolic OH excluding ortho intramolecular Hbond substituents is 1. The molecule has 0 spiro atoms. The van der Waals surface area contributed by atoms with E-state index < -0.39 is 11.2 Å². The molecule has 0 radical (unpaired) electrons. The summed E-state index contributed by atoms with van der Waals surface area (Å²) in [5, 5.41) is 29.1. The number of benzene rings is 1. The molecule has 0 fully saturated rings. The molecule has 5 heteroatoms. The highest BCUT2D eigenvalue weighted by atomic mass is 32.2. The van der Waals surface area contributed by atoms with Crippen molar-refractivity contribution in [2.24, 2.45) is 0 Å². The molecule has 1 aromatic rings. The number of phenols is 1. The molecular formula is C21H34O4S. The van der Waals surface area contributed by atoms with Crippen LogP contribution >= 0.6 is 11.8 Å². The molecule has 0 aromatic heterocycles. The number of rotatable bonds is 7. The molecule has 148 valence electrons. The second kappa shape index (κ2) is 8.66. The molecule has 3 N–H and O–H groups in total. The monoisotopic (exact) mass is 382 g/mol. The van der Waals surface area contributed by atoms with Crippen LogP contribution in [0.3, 0.4) is 0 Å². The molecule has 0 bridgehead atoms. The summed E-state index contributed by atoms with van der Waals surface area (Å²) in [6.45, 7) is 14.2. The Kier molecular flexibility index (Phi) is 7.61. The number of hydrogen-bond donors (Lipinski definition) is 3. The standard InChI is InChI=1S/C21H34O4S/c1-8-14(18(19(24)25)26-10-9-22)13-11-15(20(2,3)4)17(23)16(12-13)21(5,6)7/h11-12,14,18,22-23H,8-10H2,1-7H3,(H,24,25). The minimum Gasteiger partial charge on any atom is -0.507 e. The van der Waals surface area contributed by atoms with Gasteiger partial charge in [0.2, 0.25) is 0 Å². The van der Waals surface area contributed by atoms with Crippen molar-refractivity contribution in [1.82, 2.24) is 0 Å². The van der Waals surface area contributed by atoms with Gasteiger partial charge < -0.3 is 15.3 Å². The second-order valence-electron chi connectivity index (χ2n) is 8.83. The van der Waals surface area contributed by atoms with Gasteiger partial charge in [0.1, 0.15) is 11.0 Å². The maximum absolute atomic E-state index is 11.9. The van der Waals surface area contributed by atoms with E-state index in [2.05, 4.69) is 41.5 Å². The van der Waals surface area contributed by atoms with Crippen molar-refractivity contribution in [3.63, 3.8) is 0 Å². The molecule has 0 saturated carbocycles. The van der Waals surface area contributed by atoms with Crippen molar-refractivity contribution in [2.45, 2.75) is 76.9 Å². The van der Waals surface area contributed by atoms with E-state index in [4.69, 9.17) is 5.11 Å². The van der Waals surface area contributed by atoms with Gasteiger partial charge in [-0.2, -0.15) is 0 Å². The van der Waals surface area contributed by atoms with E-state index in [-0.39, 0.29) is 23.4 Å². The molecule has 2 unspecified atom stereocenters. The molecule has 0 amide bonds. The van der Waals surface area contributed by atoms with Crippen LogP contribution in [0.2, 0.25) is 0 Å². The fourth-order valence-electron chi connectivity index (χ4n) is 3.18.